The van der Waals surface area contributed by atoms with E-state index in [0.29, 0.717) is 11.6 Å². The zero-order valence-electron chi connectivity index (χ0n) is 10.9. The lowest BCUT2D eigenvalue weighted by Crippen LogP contribution is -2.12. The van der Waals surface area contributed by atoms with E-state index in [0.717, 1.165) is 24.2 Å². The minimum atomic E-state index is 0.377. The Bertz CT molecular complexity index is 513. The summed E-state index contributed by atoms with van der Waals surface area (Å²) in [6.07, 6.45) is 7.44. The molecule has 2 aromatic rings. The zero-order valence-corrected chi connectivity index (χ0v) is 11.8. The van der Waals surface area contributed by atoms with Crippen molar-refractivity contribution < 1.29 is 0 Å². The summed E-state index contributed by atoms with van der Waals surface area (Å²) in [6.45, 7) is 0.885. The summed E-state index contributed by atoms with van der Waals surface area (Å²) in [5, 5.41) is 11.0. The van der Waals surface area contributed by atoms with Gasteiger partial charge < -0.3 is 5.32 Å². The molecule has 2 aromatic heterocycles. The van der Waals surface area contributed by atoms with Crippen molar-refractivity contribution in [3.63, 3.8) is 0 Å². The number of unbranched alkanes of at least 4 members (excludes halogenated alkanes) is 2. The van der Waals surface area contributed by atoms with Crippen molar-refractivity contribution in [1.82, 2.24) is 20.2 Å². The van der Waals surface area contributed by atoms with Crippen LogP contribution in [0.4, 0.5) is 11.8 Å². The van der Waals surface area contributed by atoms with Gasteiger partial charge in [-0.1, -0.05) is 6.42 Å². The van der Waals surface area contributed by atoms with E-state index in [1.54, 1.807) is 6.20 Å². The molecule has 5 N–H and O–H groups in total. The van der Waals surface area contributed by atoms with Crippen molar-refractivity contribution in [1.29, 1.82) is 0 Å². The highest BCUT2D eigenvalue weighted by molar-refractivity contribution is 7.98. The van der Waals surface area contributed by atoms with Gasteiger partial charge in [0, 0.05) is 6.54 Å². The molecule has 0 saturated heterocycles. The van der Waals surface area contributed by atoms with Crippen LogP contribution in [0.1, 0.15) is 19.3 Å². The molecule has 2 heterocycles. The molecule has 0 aliphatic carbocycles. The van der Waals surface area contributed by atoms with Crippen LogP contribution in [0, 0.1) is 0 Å². The molecule has 0 atom stereocenters. The Hall–Kier alpha value is -1.54. The number of hydrogen-bond donors (Lipinski definition) is 4. The number of aromatic nitrogens is 4. The molecule has 104 valence electrons. The van der Waals surface area contributed by atoms with E-state index in [1.165, 1.54) is 18.6 Å². The number of aromatic amines is 1. The average molecular weight is 281 g/mol. The Labute approximate surface area is 116 Å². The molecule has 19 heavy (non-hydrogen) atoms. The van der Waals surface area contributed by atoms with Crippen molar-refractivity contribution >= 4 is 34.6 Å². The standard InChI is InChI=1S/C11H19N7S/c1-19-6-4-2-3-5-13-9-8-7-14-18-10(8)16-11(15-9)17-12/h7H,2-6,12H2,1H3,(H3,13,14,15,16,17,18). The maximum absolute atomic E-state index is 5.35. The van der Waals surface area contributed by atoms with E-state index in [-0.39, 0.29) is 0 Å². The Kier molecular flexibility index (Phi) is 5.22. The normalized spacial score (nSPS) is 10.8. The monoisotopic (exact) mass is 281 g/mol. The number of rotatable bonds is 8. The summed E-state index contributed by atoms with van der Waals surface area (Å²) in [4.78, 5) is 8.48. The van der Waals surface area contributed by atoms with Crippen molar-refractivity contribution in [2.75, 3.05) is 29.3 Å². The first-order valence-electron chi connectivity index (χ1n) is 6.25. The van der Waals surface area contributed by atoms with Crippen molar-refractivity contribution in [3.05, 3.63) is 6.20 Å². The highest BCUT2D eigenvalue weighted by Crippen LogP contribution is 2.19. The van der Waals surface area contributed by atoms with Crippen LogP contribution in [-0.4, -0.2) is 38.7 Å². The lowest BCUT2D eigenvalue weighted by Gasteiger charge is -2.07. The second-order valence-corrected chi connectivity index (χ2v) is 5.14. The van der Waals surface area contributed by atoms with Gasteiger partial charge >= 0.3 is 0 Å². The molecule has 0 unspecified atom stereocenters. The second kappa shape index (κ2) is 7.15. The van der Waals surface area contributed by atoms with E-state index in [9.17, 15) is 0 Å². The van der Waals surface area contributed by atoms with Gasteiger partial charge in [0.1, 0.15) is 5.82 Å². The van der Waals surface area contributed by atoms with Crippen molar-refractivity contribution in [2.45, 2.75) is 19.3 Å². The number of anilines is 2. The van der Waals surface area contributed by atoms with Gasteiger partial charge in [-0.3, -0.25) is 10.5 Å². The maximum Gasteiger partial charge on any atom is 0.241 e. The van der Waals surface area contributed by atoms with E-state index in [2.05, 4.69) is 37.2 Å². The van der Waals surface area contributed by atoms with Crippen molar-refractivity contribution in [3.8, 4) is 0 Å². The minimum Gasteiger partial charge on any atom is -0.369 e. The Morgan fingerprint density at radius 1 is 1.32 bits per heavy atom. The molecule has 0 aromatic carbocycles. The number of H-pyrrole nitrogens is 1. The molecule has 0 spiro atoms. The Balaban J connectivity index is 1.93. The predicted molar refractivity (Wildman–Crippen MR) is 80.2 cm³/mol. The number of hydrogen-bond acceptors (Lipinski definition) is 7. The van der Waals surface area contributed by atoms with Crippen LogP contribution in [-0.2, 0) is 0 Å². The van der Waals surface area contributed by atoms with Crippen LogP contribution in [0.2, 0.25) is 0 Å². The van der Waals surface area contributed by atoms with Crippen LogP contribution < -0.4 is 16.6 Å². The van der Waals surface area contributed by atoms with Gasteiger partial charge in [0.25, 0.3) is 0 Å². The molecule has 0 amide bonds. The number of hydrazine groups is 1. The number of nitrogens with zero attached hydrogens (tertiary/aromatic N) is 3. The number of nitrogens with one attached hydrogen (secondary N) is 3. The SMILES string of the molecule is CSCCCCCNc1nc(NN)nc2[nH]ncc12. The lowest BCUT2D eigenvalue weighted by atomic mass is 10.2. The van der Waals surface area contributed by atoms with Gasteiger partial charge in [-0.15, -0.1) is 0 Å². The third kappa shape index (κ3) is 3.71. The molecule has 7 nitrogen and oxygen atoms in total. The smallest absolute Gasteiger partial charge is 0.241 e. The first-order valence-corrected chi connectivity index (χ1v) is 7.65. The zero-order chi connectivity index (χ0) is 13.5. The fourth-order valence-corrected chi connectivity index (χ4v) is 2.28. The summed E-state index contributed by atoms with van der Waals surface area (Å²) in [5.74, 6) is 7.71. The summed E-state index contributed by atoms with van der Waals surface area (Å²) < 4.78 is 0. The highest BCUT2D eigenvalue weighted by atomic mass is 32.2. The van der Waals surface area contributed by atoms with E-state index in [1.807, 2.05) is 11.8 Å². The molecule has 0 aliphatic heterocycles. The maximum atomic E-state index is 5.35. The van der Waals surface area contributed by atoms with Gasteiger partial charge in [0.2, 0.25) is 5.95 Å². The Morgan fingerprint density at radius 3 is 3.00 bits per heavy atom. The summed E-state index contributed by atoms with van der Waals surface area (Å²) in [6, 6.07) is 0. The van der Waals surface area contributed by atoms with E-state index < -0.39 is 0 Å². The van der Waals surface area contributed by atoms with Gasteiger partial charge in [0.05, 0.1) is 11.6 Å². The van der Waals surface area contributed by atoms with Gasteiger partial charge in [-0.2, -0.15) is 26.8 Å². The summed E-state index contributed by atoms with van der Waals surface area (Å²) in [5.41, 5.74) is 3.13. The number of nitrogen functional groups attached to an aromatic ring is 1. The average Bonchev–Trinajstić information content (AvgIpc) is 2.90. The molecular formula is C11H19N7S. The van der Waals surface area contributed by atoms with Crippen LogP contribution in [0.15, 0.2) is 6.20 Å². The van der Waals surface area contributed by atoms with Crippen LogP contribution >= 0.6 is 11.8 Å². The summed E-state index contributed by atoms with van der Waals surface area (Å²) >= 11 is 1.89. The fraction of sp³-hybridized carbons (Fsp3) is 0.545. The highest BCUT2D eigenvalue weighted by Gasteiger charge is 2.08. The predicted octanol–water partition coefficient (Wildman–Crippen LogP) is 1.58. The van der Waals surface area contributed by atoms with E-state index >= 15 is 0 Å². The largest absolute Gasteiger partial charge is 0.369 e. The fourth-order valence-electron chi connectivity index (χ4n) is 1.79. The number of thioether (sulfide) groups is 1. The van der Waals surface area contributed by atoms with Crippen LogP contribution in [0.25, 0.3) is 11.0 Å². The lowest BCUT2D eigenvalue weighted by molar-refractivity contribution is 0.748. The topological polar surface area (TPSA) is 105 Å². The molecule has 2 rings (SSSR count). The molecule has 0 fully saturated rings. The van der Waals surface area contributed by atoms with E-state index in [4.69, 9.17) is 5.84 Å². The molecule has 0 bridgehead atoms. The van der Waals surface area contributed by atoms with Crippen LogP contribution in [0.5, 0.6) is 0 Å². The molecule has 0 radical (unpaired) electrons. The summed E-state index contributed by atoms with van der Waals surface area (Å²) in [7, 11) is 0. The first-order chi connectivity index (χ1) is 9.35. The van der Waals surface area contributed by atoms with Crippen LogP contribution in [0.3, 0.4) is 0 Å². The number of nitrogens with two attached hydrogens (primary N) is 1. The third-order valence-electron chi connectivity index (χ3n) is 2.76. The van der Waals surface area contributed by atoms with Gasteiger partial charge in [-0.05, 0) is 24.9 Å². The molecule has 0 saturated carbocycles. The van der Waals surface area contributed by atoms with Gasteiger partial charge in [0.15, 0.2) is 5.65 Å². The minimum absolute atomic E-state index is 0.377. The van der Waals surface area contributed by atoms with Gasteiger partial charge in [-0.25, -0.2) is 5.84 Å². The molecular weight excluding hydrogens is 262 g/mol. The first kappa shape index (κ1) is 13.9. The van der Waals surface area contributed by atoms with Crippen molar-refractivity contribution in [2.24, 2.45) is 5.84 Å². The molecule has 0 aliphatic rings. The second-order valence-electron chi connectivity index (χ2n) is 4.15. The third-order valence-corrected chi connectivity index (χ3v) is 3.45. The molecule has 8 heteroatoms. The number of fused-ring (bicyclic) bond motifs is 1. The Morgan fingerprint density at radius 2 is 2.21 bits per heavy atom. The quantitative estimate of drug-likeness (QED) is 0.331.